The van der Waals surface area contributed by atoms with Gasteiger partial charge in [-0.25, -0.2) is 0 Å². The Balaban J connectivity index is 2.41. The van der Waals surface area contributed by atoms with E-state index in [4.69, 9.17) is 4.74 Å². The molecular formula is C14H13NO4S. The highest BCUT2D eigenvalue weighted by atomic mass is 32.1. The standard InChI is InChI=1S/C14H13NO4S/c1-8-4-9(2)6-11(5-8)19-14-12(15(17)18)7-13(20-14)10(3)16/h4-7H,1-3H3. The van der Waals surface area contributed by atoms with Gasteiger partial charge in [-0.2, -0.15) is 0 Å². The van der Waals surface area contributed by atoms with Crippen molar-refractivity contribution in [2.45, 2.75) is 20.8 Å². The van der Waals surface area contributed by atoms with Crippen molar-refractivity contribution in [2.24, 2.45) is 0 Å². The van der Waals surface area contributed by atoms with Gasteiger partial charge in [-0.05, 0) is 44.0 Å². The first-order valence-corrected chi connectivity index (χ1v) is 6.74. The Morgan fingerprint density at radius 1 is 1.20 bits per heavy atom. The molecule has 6 heteroatoms. The molecule has 0 unspecified atom stereocenters. The summed E-state index contributed by atoms with van der Waals surface area (Å²) in [5, 5.41) is 11.1. The van der Waals surface area contributed by atoms with Crippen molar-refractivity contribution in [1.29, 1.82) is 0 Å². The molecule has 1 aromatic heterocycles. The minimum absolute atomic E-state index is 0.130. The van der Waals surface area contributed by atoms with Gasteiger partial charge in [0.05, 0.1) is 9.80 Å². The Labute approximate surface area is 120 Å². The van der Waals surface area contributed by atoms with E-state index in [1.54, 1.807) is 12.1 Å². The molecule has 0 aliphatic carbocycles. The molecule has 2 rings (SSSR count). The van der Waals surface area contributed by atoms with Crippen LogP contribution in [-0.2, 0) is 0 Å². The number of nitro groups is 1. The molecule has 0 radical (unpaired) electrons. The lowest BCUT2D eigenvalue weighted by Crippen LogP contribution is -1.90. The molecule has 0 aliphatic heterocycles. The van der Waals surface area contributed by atoms with Gasteiger partial charge < -0.3 is 4.74 Å². The first-order chi connectivity index (χ1) is 9.36. The number of thiophene rings is 1. The lowest BCUT2D eigenvalue weighted by molar-refractivity contribution is -0.385. The maximum absolute atomic E-state index is 11.3. The van der Waals surface area contributed by atoms with Gasteiger partial charge in [-0.1, -0.05) is 17.4 Å². The Kier molecular flexibility index (Phi) is 3.85. The van der Waals surface area contributed by atoms with Gasteiger partial charge in [0.1, 0.15) is 5.75 Å². The molecule has 0 N–H and O–H groups in total. The van der Waals surface area contributed by atoms with Crippen LogP contribution in [0.5, 0.6) is 10.8 Å². The lowest BCUT2D eigenvalue weighted by atomic mass is 10.1. The van der Waals surface area contributed by atoms with Crippen molar-refractivity contribution in [3.63, 3.8) is 0 Å². The number of hydrogen-bond acceptors (Lipinski definition) is 5. The highest BCUT2D eigenvalue weighted by Gasteiger charge is 2.23. The summed E-state index contributed by atoms with van der Waals surface area (Å²) in [5.74, 6) is 0.316. The van der Waals surface area contributed by atoms with Gasteiger partial charge in [0, 0.05) is 6.07 Å². The predicted octanol–water partition coefficient (Wildman–Crippen LogP) is 4.27. The monoisotopic (exact) mass is 291 g/mol. The summed E-state index contributed by atoms with van der Waals surface area (Å²) in [4.78, 5) is 22.1. The first-order valence-electron chi connectivity index (χ1n) is 5.92. The zero-order valence-corrected chi connectivity index (χ0v) is 12.1. The summed E-state index contributed by atoms with van der Waals surface area (Å²) in [5.41, 5.74) is 1.83. The zero-order valence-electron chi connectivity index (χ0n) is 11.3. The normalized spacial score (nSPS) is 10.3. The number of benzene rings is 1. The van der Waals surface area contributed by atoms with E-state index < -0.39 is 4.92 Å². The lowest BCUT2D eigenvalue weighted by Gasteiger charge is -2.05. The summed E-state index contributed by atoms with van der Waals surface area (Å²) in [6, 6.07) is 6.83. The van der Waals surface area contributed by atoms with Crippen molar-refractivity contribution in [2.75, 3.05) is 0 Å². The Morgan fingerprint density at radius 3 is 2.30 bits per heavy atom. The Hall–Kier alpha value is -2.21. The van der Waals surface area contributed by atoms with Crippen molar-refractivity contribution in [3.05, 3.63) is 50.4 Å². The van der Waals surface area contributed by atoms with Gasteiger partial charge in [-0.3, -0.25) is 14.9 Å². The summed E-state index contributed by atoms with van der Waals surface area (Å²) in [6.07, 6.45) is 0. The zero-order chi connectivity index (χ0) is 14.9. The molecule has 0 aliphatic rings. The summed E-state index contributed by atoms with van der Waals surface area (Å²) >= 11 is 0.989. The average molecular weight is 291 g/mol. The van der Waals surface area contributed by atoms with Crippen LogP contribution in [0.2, 0.25) is 0 Å². The molecule has 0 spiro atoms. The SMILES string of the molecule is CC(=O)c1cc([N+](=O)[O-])c(Oc2cc(C)cc(C)c2)s1. The second-order valence-electron chi connectivity index (χ2n) is 4.52. The third-order valence-corrected chi connectivity index (χ3v) is 3.73. The van der Waals surface area contributed by atoms with E-state index in [-0.39, 0.29) is 16.5 Å². The number of ketones is 1. The average Bonchev–Trinajstić information content (AvgIpc) is 2.71. The molecule has 0 fully saturated rings. The van der Waals surface area contributed by atoms with Crippen LogP contribution in [0.15, 0.2) is 24.3 Å². The molecule has 104 valence electrons. The van der Waals surface area contributed by atoms with Crippen LogP contribution in [-0.4, -0.2) is 10.7 Å². The maximum Gasteiger partial charge on any atom is 0.323 e. The van der Waals surface area contributed by atoms with E-state index in [0.29, 0.717) is 10.6 Å². The number of ether oxygens (including phenoxy) is 1. The van der Waals surface area contributed by atoms with Crippen LogP contribution < -0.4 is 4.74 Å². The quantitative estimate of drug-likeness (QED) is 0.479. The summed E-state index contributed by atoms with van der Waals surface area (Å²) < 4.78 is 5.59. The van der Waals surface area contributed by atoms with Crippen LogP contribution in [0.1, 0.15) is 27.7 Å². The van der Waals surface area contributed by atoms with Gasteiger partial charge in [-0.15, -0.1) is 0 Å². The minimum atomic E-state index is -0.541. The van der Waals surface area contributed by atoms with E-state index in [1.807, 2.05) is 19.9 Å². The van der Waals surface area contributed by atoms with Gasteiger partial charge in [0.2, 0.25) is 0 Å². The molecule has 0 saturated carbocycles. The number of Topliss-reactive ketones (excluding diaryl/α,β-unsaturated/α-hetero) is 1. The molecule has 0 bridgehead atoms. The smallest absolute Gasteiger partial charge is 0.323 e. The third kappa shape index (κ3) is 3.03. The minimum Gasteiger partial charge on any atom is -0.440 e. The fraction of sp³-hybridized carbons (Fsp3) is 0.214. The number of carbonyl (C=O) groups excluding carboxylic acids is 1. The van der Waals surface area contributed by atoms with Gasteiger partial charge >= 0.3 is 5.69 Å². The highest BCUT2D eigenvalue weighted by molar-refractivity contribution is 7.16. The number of rotatable bonds is 4. The Bertz CT molecular complexity index is 670. The molecule has 0 amide bonds. The fourth-order valence-electron chi connectivity index (χ4n) is 1.84. The first kappa shape index (κ1) is 14.2. The number of carbonyl (C=O) groups is 1. The fourth-order valence-corrected chi connectivity index (χ4v) is 2.73. The van der Waals surface area contributed by atoms with Gasteiger partial charge in [0.25, 0.3) is 5.06 Å². The molecular weight excluding hydrogens is 278 g/mol. The summed E-state index contributed by atoms with van der Waals surface area (Å²) in [7, 11) is 0. The van der Waals surface area contributed by atoms with E-state index in [9.17, 15) is 14.9 Å². The van der Waals surface area contributed by atoms with Crippen LogP contribution in [0, 0.1) is 24.0 Å². The molecule has 0 saturated heterocycles. The van der Waals surface area contributed by atoms with Crippen LogP contribution >= 0.6 is 11.3 Å². The van der Waals surface area contributed by atoms with Crippen molar-refractivity contribution < 1.29 is 14.5 Å². The van der Waals surface area contributed by atoms with Crippen LogP contribution in [0.25, 0.3) is 0 Å². The molecule has 20 heavy (non-hydrogen) atoms. The van der Waals surface area contributed by atoms with Crippen molar-refractivity contribution in [3.8, 4) is 10.8 Å². The number of nitrogens with zero attached hydrogens (tertiary/aromatic N) is 1. The maximum atomic E-state index is 11.3. The molecule has 0 atom stereocenters. The van der Waals surface area contributed by atoms with E-state index >= 15 is 0 Å². The van der Waals surface area contributed by atoms with Crippen molar-refractivity contribution >= 4 is 22.8 Å². The van der Waals surface area contributed by atoms with E-state index in [0.717, 1.165) is 22.5 Å². The molecule has 1 heterocycles. The molecule has 2 aromatic rings. The summed E-state index contributed by atoms with van der Waals surface area (Å²) in [6.45, 7) is 5.21. The van der Waals surface area contributed by atoms with E-state index in [1.165, 1.54) is 13.0 Å². The van der Waals surface area contributed by atoms with Crippen LogP contribution in [0.3, 0.4) is 0 Å². The van der Waals surface area contributed by atoms with Crippen molar-refractivity contribution in [1.82, 2.24) is 0 Å². The topological polar surface area (TPSA) is 69.4 Å². The number of hydrogen-bond donors (Lipinski definition) is 0. The molecule has 5 nitrogen and oxygen atoms in total. The largest absolute Gasteiger partial charge is 0.440 e. The Morgan fingerprint density at radius 2 is 1.80 bits per heavy atom. The highest BCUT2D eigenvalue weighted by Crippen LogP contribution is 2.40. The molecule has 1 aromatic carbocycles. The number of aryl methyl sites for hydroxylation is 2. The second-order valence-corrected chi connectivity index (χ2v) is 5.54. The second kappa shape index (κ2) is 5.42. The van der Waals surface area contributed by atoms with Crippen LogP contribution in [0.4, 0.5) is 5.69 Å². The van der Waals surface area contributed by atoms with Gasteiger partial charge in [0.15, 0.2) is 5.78 Å². The third-order valence-electron chi connectivity index (χ3n) is 2.63. The predicted molar refractivity (Wildman–Crippen MR) is 77.0 cm³/mol. The van der Waals surface area contributed by atoms with E-state index in [2.05, 4.69) is 0 Å².